The van der Waals surface area contributed by atoms with E-state index in [0.717, 1.165) is 61.3 Å². The number of para-hydroxylation sites is 2. The van der Waals surface area contributed by atoms with Crippen LogP contribution >= 0.6 is 0 Å². The van der Waals surface area contributed by atoms with Crippen molar-refractivity contribution in [3.63, 3.8) is 0 Å². The number of aromatic nitrogens is 1. The van der Waals surface area contributed by atoms with Crippen molar-refractivity contribution in [1.82, 2.24) is 4.98 Å². The van der Waals surface area contributed by atoms with Gasteiger partial charge in [-0.15, -0.1) is 0 Å². The molecule has 0 fully saturated rings. The molecular formula is C41H28N2O. The summed E-state index contributed by atoms with van der Waals surface area (Å²) >= 11 is 0. The molecule has 2 heterocycles. The topological polar surface area (TPSA) is 29.3 Å². The number of fused-ring (bicyclic) bond motifs is 3. The van der Waals surface area contributed by atoms with Gasteiger partial charge in [-0.05, 0) is 82.4 Å². The zero-order valence-corrected chi connectivity index (χ0v) is 24.0. The Labute approximate surface area is 256 Å². The van der Waals surface area contributed by atoms with Crippen molar-refractivity contribution in [2.45, 2.75) is 0 Å². The van der Waals surface area contributed by atoms with Gasteiger partial charge in [-0.25, -0.2) is 0 Å². The van der Waals surface area contributed by atoms with Gasteiger partial charge < -0.3 is 9.32 Å². The largest absolute Gasteiger partial charge is 0.455 e. The average molecular weight is 565 g/mol. The normalized spacial score (nSPS) is 11.2. The molecule has 44 heavy (non-hydrogen) atoms. The van der Waals surface area contributed by atoms with Crippen LogP contribution in [0.2, 0.25) is 0 Å². The molecule has 0 aliphatic rings. The average Bonchev–Trinajstić information content (AvgIpc) is 3.49. The van der Waals surface area contributed by atoms with Crippen LogP contribution in [0, 0.1) is 0 Å². The summed E-state index contributed by atoms with van der Waals surface area (Å²) in [5.74, 6) is 0. The molecule has 8 aromatic rings. The van der Waals surface area contributed by atoms with E-state index in [1.165, 1.54) is 11.1 Å². The Morgan fingerprint density at radius 3 is 1.52 bits per heavy atom. The Morgan fingerprint density at radius 1 is 0.386 bits per heavy atom. The van der Waals surface area contributed by atoms with E-state index in [-0.39, 0.29) is 0 Å². The lowest BCUT2D eigenvalue weighted by Crippen LogP contribution is -2.09. The second-order valence-electron chi connectivity index (χ2n) is 10.9. The number of benzene rings is 6. The molecule has 208 valence electrons. The van der Waals surface area contributed by atoms with Crippen LogP contribution in [0.25, 0.3) is 55.3 Å². The molecule has 0 saturated heterocycles. The maximum atomic E-state index is 6.34. The lowest BCUT2D eigenvalue weighted by molar-refractivity contribution is 0.670. The highest BCUT2D eigenvalue weighted by molar-refractivity contribution is 6.09. The lowest BCUT2D eigenvalue weighted by atomic mass is 10.0. The monoisotopic (exact) mass is 564 g/mol. The first-order valence-corrected chi connectivity index (χ1v) is 14.8. The van der Waals surface area contributed by atoms with Crippen LogP contribution in [-0.2, 0) is 0 Å². The second-order valence-corrected chi connectivity index (χ2v) is 10.9. The van der Waals surface area contributed by atoms with E-state index in [1.54, 1.807) is 0 Å². The van der Waals surface area contributed by atoms with Crippen molar-refractivity contribution >= 4 is 39.0 Å². The van der Waals surface area contributed by atoms with Crippen molar-refractivity contribution in [2.75, 3.05) is 4.90 Å². The summed E-state index contributed by atoms with van der Waals surface area (Å²) in [5.41, 5.74) is 12.0. The summed E-state index contributed by atoms with van der Waals surface area (Å²) in [6, 6.07) is 55.4. The summed E-state index contributed by atoms with van der Waals surface area (Å²) < 4.78 is 6.34. The van der Waals surface area contributed by atoms with E-state index in [4.69, 9.17) is 4.42 Å². The van der Waals surface area contributed by atoms with Gasteiger partial charge in [0.15, 0.2) is 0 Å². The van der Waals surface area contributed by atoms with Crippen LogP contribution in [-0.4, -0.2) is 4.98 Å². The summed E-state index contributed by atoms with van der Waals surface area (Å²) in [7, 11) is 0. The van der Waals surface area contributed by atoms with Crippen molar-refractivity contribution in [3.8, 4) is 33.4 Å². The van der Waals surface area contributed by atoms with Crippen molar-refractivity contribution < 1.29 is 4.42 Å². The summed E-state index contributed by atoms with van der Waals surface area (Å²) in [6.07, 6.45) is 3.66. The Kier molecular flexibility index (Phi) is 6.47. The Morgan fingerprint density at radius 2 is 0.886 bits per heavy atom. The van der Waals surface area contributed by atoms with Crippen LogP contribution in [0.1, 0.15) is 0 Å². The van der Waals surface area contributed by atoms with Gasteiger partial charge in [0, 0.05) is 45.8 Å². The molecule has 0 unspecified atom stereocenters. The number of anilines is 3. The first-order chi connectivity index (χ1) is 21.8. The van der Waals surface area contributed by atoms with Gasteiger partial charge in [-0.2, -0.15) is 0 Å². The number of pyridine rings is 1. The van der Waals surface area contributed by atoms with Crippen LogP contribution in [0.5, 0.6) is 0 Å². The zero-order chi connectivity index (χ0) is 29.3. The van der Waals surface area contributed by atoms with Gasteiger partial charge in [-0.1, -0.05) is 103 Å². The molecule has 8 rings (SSSR count). The van der Waals surface area contributed by atoms with E-state index < -0.39 is 0 Å². The molecule has 2 aromatic heterocycles. The van der Waals surface area contributed by atoms with Crippen molar-refractivity contribution in [2.24, 2.45) is 0 Å². The Balaban J connectivity index is 1.19. The van der Waals surface area contributed by atoms with Gasteiger partial charge in [0.05, 0.1) is 0 Å². The van der Waals surface area contributed by atoms with Gasteiger partial charge >= 0.3 is 0 Å². The zero-order valence-electron chi connectivity index (χ0n) is 24.0. The molecule has 0 radical (unpaired) electrons. The molecule has 3 heteroatoms. The molecule has 3 nitrogen and oxygen atoms in total. The molecular weight excluding hydrogens is 536 g/mol. The predicted octanol–water partition coefficient (Wildman–Crippen LogP) is 11.5. The maximum absolute atomic E-state index is 6.34. The fraction of sp³-hybridized carbons (Fsp3) is 0. The fourth-order valence-electron chi connectivity index (χ4n) is 5.99. The van der Waals surface area contributed by atoms with Crippen LogP contribution in [0.15, 0.2) is 175 Å². The van der Waals surface area contributed by atoms with Gasteiger partial charge in [0.2, 0.25) is 0 Å². The highest BCUT2D eigenvalue weighted by atomic mass is 16.3. The number of hydrogen-bond donors (Lipinski definition) is 0. The third kappa shape index (κ3) is 4.71. The second kappa shape index (κ2) is 11.0. The SMILES string of the molecule is c1ccc(-c2ccc(N(c3ccc(-c4ccncc4)cc3)c3ccc(-c4cccc5c4oc4ccccc45)cc3)cc2)cc1. The maximum Gasteiger partial charge on any atom is 0.143 e. The molecule has 0 bridgehead atoms. The quantitative estimate of drug-likeness (QED) is 0.201. The molecule has 0 amide bonds. The van der Waals surface area contributed by atoms with E-state index in [2.05, 4.69) is 137 Å². The molecule has 0 aliphatic heterocycles. The van der Waals surface area contributed by atoms with Crippen molar-refractivity contribution in [1.29, 1.82) is 0 Å². The number of furan rings is 1. The number of hydrogen-bond acceptors (Lipinski definition) is 3. The summed E-state index contributed by atoms with van der Waals surface area (Å²) in [4.78, 5) is 6.47. The van der Waals surface area contributed by atoms with Gasteiger partial charge in [0.25, 0.3) is 0 Å². The standard InChI is InChI=1S/C41H28N2O/c1-2-7-29(8-3-1)30-13-19-34(20-14-30)43(35-21-15-31(16-22-35)32-25-27-42-28-26-32)36-23-17-33(18-24-36)37-10-6-11-39-38-9-4-5-12-40(38)44-41(37)39/h1-28H. The first kappa shape index (κ1) is 25.8. The Bertz CT molecular complexity index is 2100. The first-order valence-electron chi connectivity index (χ1n) is 14.8. The Hall–Kier alpha value is -5.93. The third-order valence-corrected chi connectivity index (χ3v) is 8.21. The van der Waals surface area contributed by atoms with Gasteiger partial charge in [0.1, 0.15) is 11.2 Å². The fourth-order valence-corrected chi connectivity index (χ4v) is 5.99. The molecule has 0 atom stereocenters. The molecule has 0 aliphatic carbocycles. The molecule has 0 N–H and O–H groups in total. The van der Waals surface area contributed by atoms with E-state index in [9.17, 15) is 0 Å². The van der Waals surface area contributed by atoms with E-state index in [1.807, 2.05) is 42.7 Å². The molecule has 0 saturated carbocycles. The van der Waals surface area contributed by atoms with E-state index >= 15 is 0 Å². The highest BCUT2D eigenvalue weighted by Gasteiger charge is 2.16. The third-order valence-electron chi connectivity index (χ3n) is 8.21. The lowest BCUT2D eigenvalue weighted by Gasteiger charge is -2.26. The number of rotatable bonds is 6. The van der Waals surface area contributed by atoms with Gasteiger partial charge in [-0.3, -0.25) is 4.98 Å². The predicted molar refractivity (Wildman–Crippen MR) is 183 cm³/mol. The molecule has 0 spiro atoms. The smallest absolute Gasteiger partial charge is 0.143 e. The number of nitrogens with zero attached hydrogens (tertiary/aromatic N) is 2. The summed E-state index contributed by atoms with van der Waals surface area (Å²) in [5, 5.41) is 2.28. The van der Waals surface area contributed by atoms with Crippen LogP contribution in [0.3, 0.4) is 0 Å². The summed E-state index contributed by atoms with van der Waals surface area (Å²) in [6.45, 7) is 0. The molecule has 6 aromatic carbocycles. The van der Waals surface area contributed by atoms with E-state index in [0.29, 0.717) is 0 Å². The minimum atomic E-state index is 0.909. The van der Waals surface area contributed by atoms with Crippen LogP contribution in [0.4, 0.5) is 17.1 Å². The highest BCUT2D eigenvalue weighted by Crippen LogP contribution is 2.39. The van der Waals surface area contributed by atoms with Crippen LogP contribution < -0.4 is 4.90 Å². The van der Waals surface area contributed by atoms with Crippen molar-refractivity contribution in [3.05, 3.63) is 170 Å². The minimum Gasteiger partial charge on any atom is -0.455 e. The minimum absolute atomic E-state index is 0.909.